The third-order valence-electron chi connectivity index (χ3n) is 5.83. The van der Waals surface area contributed by atoms with E-state index < -0.39 is 18.2 Å². The first kappa shape index (κ1) is 32.2. The van der Waals surface area contributed by atoms with Crippen molar-refractivity contribution in [1.29, 1.82) is 0 Å². The highest BCUT2D eigenvalue weighted by Crippen LogP contribution is 2.27. The number of alkyl halides is 3. The highest BCUT2D eigenvalue weighted by Gasteiger charge is 2.38. The molecule has 43 heavy (non-hydrogen) atoms. The number of aliphatic carboxylic acids is 1. The Morgan fingerprint density at radius 2 is 1.72 bits per heavy atom. The van der Waals surface area contributed by atoms with E-state index in [9.17, 15) is 22.8 Å². The minimum atomic E-state index is -5.08. The zero-order chi connectivity index (χ0) is 31.6. The number of nitrogens with one attached hydrogen (secondary N) is 3. The van der Waals surface area contributed by atoms with Crippen molar-refractivity contribution in [3.8, 4) is 5.75 Å². The molecule has 0 aliphatic rings. The molecular weight excluding hydrogens is 567 g/mol. The number of amides is 2. The summed E-state index contributed by atoms with van der Waals surface area (Å²) >= 11 is 0. The molecule has 0 saturated heterocycles. The fraction of sp³-hybridized carbons (Fsp3) is 0.200. The second kappa shape index (κ2) is 14.5. The number of nitrogen functional groups attached to an aromatic ring is 1. The highest BCUT2D eigenvalue weighted by molar-refractivity contribution is 5.94. The van der Waals surface area contributed by atoms with Crippen molar-refractivity contribution in [2.45, 2.75) is 32.6 Å². The normalized spacial score (nSPS) is 11.5. The van der Waals surface area contributed by atoms with E-state index in [1.807, 2.05) is 73.7 Å². The van der Waals surface area contributed by atoms with Crippen molar-refractivity contribution in [3.63, 3.8) is 0 Å². The second-order valence-corrected chi connectivity index (χ2v) is 9.12. The molecule has 0 radical (unpaired) electrons. The van der Waals surface area contributed by atoms with Crippen molar-refractivity contribution in [2.24, 2.45) is 0 Å². The Hall–Kier alpha value is -5.33. The second-order valence-electron chi connectivity index (χ2n) is 9.12. The minimum Gasteiger partial charge on any atom is -0.494 e. The lowest BCUT2D eigenvalue weighted by Gasteiger charge is -2.21. The van der Waals surface area contributed by atoms with Gasteiger partial charge in [0.1, 0.15) is 17.6 Å². The number of pyridine rings is 1. The fourth-order valence-electron chi connectivity index (χ4n) is 3.96. The molecule has 1 unspecified atom stereocenters. The maximum Gasteiger partial charge on any atom is 0.490 e. The monoisotopic (exact) mass is 597 g/mol. The topological polar surface area (TPSA) is 156 Å². The Morgan fingerprint density at radius 3 is 2.40 bits per heavy atom. The maximum absolute atomic E-state index is 13.5. The summed E-state index contributed by atoms with van der Waals surface area (Å²) in [5.74, 6) is -1.97. The lowest BCUT2D eigenvalue weighted by atomic mass is 10.0. The van der Waals surface area contributed by atoms with Crippen LogP contribution in [0.25, 0.3) is 10.8 Å². The summed E-state index contributed by atoms with van der Waals surface area (Å²) in [6, 6.07) is 21.8. The molecule has 10 nitrogen and oxygen atoms in total. The van der Waals surface area contributed by atoms with Crippen LogP contribution in [0.1, 0.15) is 31.0 Å². The molecule has 1 atom stereocenters. The minimum absolute atomic E-state index is 0.150. The first-order chi connectivity index (χ1) is 20.4. The van der Waals surface area contributed by atoms with Gasteiger partial charge in [0.25, 0.3) is 0 Å². The lowest BCUT2D eigenvalue weighted by molar-refractivity contribution is -0.192. The van der Waals surface area contributed by atoms with Gasteiger partial charge < -0.3 is 31.5 Å². The molecule has 3 aromatic carbocycles. The molecular formula is C30H30F3N5O5. The molecule has 226 valence electrons. The molecule has 0 aliphatic carbocycles. The number of nitrogens with zero attached hydrogens (tertiary/aromatic N) is 1. The van der Waals surface area contributed by atoms with Gasteiger partial charge in [-0.05, 0) is 72.0 Å². The third-order valence-corrected chi connectivity index (χ3v) is 5.83. The molecule has 0 aliphatic heterocycles. The van der Waals surface area contributed by atoms with E-state index >= 15 is 0 Å². The van der Waals surface area contributed by atoms with Crippen LogP contribution in [0.5, 0.6) is 5.75 Å². The Labute approximate surface area is 245 Å². The number of carbonyl (C=O) groups is 3. The van der Waals surface area contributed by atoms with Gasteiger partial charge in [-0.1, -0.05) is 24.3 Å². The number of halogens is 3. The number of ether oxygens (including phenoxy) is 1. The van der Waals surface area contributed by atoms with Gasteiger partial charge >= 0.3 is 12.1 Å². The number of nitrogens with two attached hydrogens (primary N) is 1. The number of carboxylic acids is 1. The van der Waals surface area contributed by atoms with Gasteiger partial charge in [-0.2, -0.15) is 13.2 Å². The Kier molecular flexibility index (Phi) is 10.9. The molecule has 4 aromatic rings. The SMILES string of the molecule is CCOc1cccc(C(Nc2ccc3c(N)nccc3c2)C(=O)NCc2cccc(NC(C)=O)c2)c1.O=C(O)C(F)(F)F. The predicted octanol–water partition coefficient (Wildman–Crippen LogP) is 5.28. The summed E-state index contributed by atoms with van der Waals surface area (Å²) < 4.78 is 37.4. The molecule has 0 spiro atoms. The number of hydrogen-bond acceptors (Lipinski definition) is 7. The number of rotatable bonds is 9. The van der Waals surface area contributed by atoms with Crippen LogP contribution < -0.4 is 26.4 Å². The molecule has 0 bridgehead atoms. The summed E-state index contributed by atoms with van der Waals surface area (Å²) in [6.07, 6.45) is -3.42. The van der Waals surface area contributed by atoms with Gasteiger partial charge in [-0.25, -0.2) is 9.78 Å². The van der Waals surface area contributed by atoms with Crippen LogP contribution in [-0.4, -0.2) is 40.7 Å². The molecule has 1 aromatic heterocycles. The lowest BCUT2D eigenvalue weighted by Crippen LogP contribution is -2.33. The van der Waals surface area contributed by atoms with E-state index in [-0.39, 0.29) is 11.8 Å². The van der Waals surface area contributed by atoms with Crippen molar-refractivity contribution in [2.75, 3.05) is 23.0 Å². The van der Waals surface area contributed by atoms with Gasteiger partial charge in [0.05, 0.1) is 6.61 Å². The van der Waals surface area contributed by atoms with Crippen molar-refractivity contribution in [1.82, 2.24) is 10.3 Å². The van der Waals surface area contributed by atoms with Crippen LogP contribution in [-0.2, 0) is 20.9 Å². The Balaban J connectivity index is 0.000000646. The maximum atomic E-state index is 13.5. The third kappa shape index (κ3) is 9.63. The highest BCUT2D eigenvalue weighted by atomic mass is 19.4. The van der Waals surface area contributed by atoms with Gasteiger partial charge in [0.2, 0.25) is 11.8 Å². The number of hydrogen-bond donors (Lipinski definition) is 5. The van der Waals surface area contributed by atoms with E-state index in [0.29, 0.717) is 30.4 Å². The molecule has 13 heteroatoms. The number of aromatic nitrogens is 1. The number of carbonyl (C=O) groups excluding carboxylic acids is 2. The van der Waals surface area contributed by atoms with E-state index in [1.54, 1.807) is 12.3 Å². The average Bonchev–Trinajstić information content (AvgIpc) is 2.95. The number of carboxylic acid groups (broad SMARTS) is 1. The average molecular weight is 598 g/mol. The number of fused-ring (bicyclic) bond motifs is 1. The number of anilines is 3. The van der Waals surface area contributed by atoms with Crippen LogP contribution in [0.4, 0.5) is 30.4 Å². The summed E-state index contributed by atoms with van der Waals surface area (Å²) in [5, 5.41) is 18.0. The van der Waals surface area contributed by atoms with Gasteiger partial charge in [-0.15, -0.1) is 0 Å². The van der Waals surface area contributed by atoms with E-state index in [2.05, 4.69) is 20.9 Å². The summed E-state index contributed by atoms with van der Waals surface area (Å²) in [6.45, 7) is 4.20. The van der Waals surface area contributed by atoms with E-state index in [1.165, 1.54) is 6.92 Å². The first-order valence-electron chi connectivity index (χ1n) is 12.9. The molecule has 1 heterocycles. The quantitative estimate of drug-likeness (QED) is 0.175. The van der Waals surface area contributed by atoms with Crippen molar-refractivity contribution in [3.05, 3.63) is 90.1 Å². The van der Waals surface area contributed by atoms with Crippen LogP contribution in [0.15, 0.2) is 79.0 Å². The first-order valence-corrected chi connectivity index (χ1v) is 12.9. The van der Waals surface area contributed by atoms with Crippen molar-refractivity contribution >= 4 is 45.7 Å². The van der Waals surface area contributed by atoms with Crippen LogP contribution in [0.3, 0.4) is 0 Å². The van der Waals surface area contributed by atoms with Crippen LogP contribution in [0.2, 0.25) is 0 Å². The van der Waals surface area contributed by atoms with Crippen molar-refractivity contribution < 1.29 is 37.4 Å². The smallest absolute Gasteiger partial charge is 0.490 e. The molecule has 6 N–H and O–H groups in total. The number of benzene rings is 3. The summed E-state index contributed by atoms with van der Waals surface area (Å²) in [7, 11) is 0. The Bertz CT molecular complexity index is 1600. The molecule has 4 rings (SSSR count). The molecule has 0 saturated carbocycles. The van der Waals surface area contributed by atoms with E-state index in [4.69, 9.17) is 20.4 Å². The van der Waals surface area contributed by atoms with Crippen LogP contribution >= 0.6 is 0 Å². The summed E-state index contributed by atoms with van der Waals surface area (Å²) in [4.78, 5) is 37.9. The van der Waals surface area contributed by atoms with Gasteiger partial charge in [0.15, 0.2) is 0 Å². The van der Waals surface area contributed by atoms with Gasteiger partial charge in [-0.3, -0.25) is 9.59 Å². The summed E-state index contributed by atoms with van der Waals surface area (Å²) in [5.41, 5.74) is 9.07. The standard InChI is InChI=1S/C28H29N5O3.C2HF3O2/c1-3-36-24-9-5-7-21(16-24)26(33-23-10-11-25-20(15-23)12-13-30-27(25)29)28(35)31-17-19-6-4-8-22(14-19)32-18(2)34;3-2(4,5)1(6)7/h4-16,26,33H,3,17H2,1-2H3,(H2,29,30)(H,31,35)(H,32,34);(H,6,7). The van der Waals surface area contributed by atoms with Gasteiger partial charge in [0, 0.05) is 36.4 Å². The molecule has 0 fully saturated rings. The van der Waals surface area contributed by atoms with Crippen LogP contribution in [0, 0.1) is 0 Å². The zero-order valence-corrected chi connectivity index (χ0v) is 23.2. The largest absolute Gasteiger partial charge is 0.494 e. The Morgan fingerprint density at radius 1 is 1.00 bits per heavy atom. The molecule has 2 amide bonds. The van der Waals surface area contributed by atoms with E-state index in [0.717, 1.165) is 27.6 Å². The zero-order valence-electron chi connectivity index (χ0n) is 23.2. The fourth-order valence-corrected chi connectivity index (χ4v) is 3.96. The predicted molar refractivity (Wildman–Crippen MR) is 156 cm³/mol.